The fourth-order valence-electron chi connectivity index (χ4n) is 1.87. The largest absolute Gasteiger partial charge is 0.391 e. The van der Waals surface area contributed by atoms with E-state index < -0.39 is 12.2 Å². The van der Waals surface area contributed by atoms with Gasteiger partial charge in [-0.3, -0.25) is 0 Å². The Bertz CT molecular complexity index is 341. The van der Waals surface area contributed by atoms with Crippen molar-refractivity contribution < 1.29 is 19.7 Å². The minimum Gasteiger partial charge on any atom is -0.391 e. The molecule has 0 aliphatic heterocycles. The first-order valence-corrected chi connectivity index (χ1v) is 7.41. The Kier molecular flexibility index (Phi) is 9.01. The van der Waals surface area contributed by atoms with E-state index in [0.29, 0.717) is 26.4 Å². The average molecular weight is 297 g/mol. The second kappa shape index (κ2) is 10.6. The molecule has 0 bridgehead atoms. The van der Waals surface area contributed by atoms with Gasteiger partial charge in [0, 0.05) is 18.8 Å². The van der Waals surface area contributed by atoms with Crippen LogP contribution in [0.1, 0.15) is 13.8 Å². The maximum absolute atomic E-state index is 9.18. The smallest absolute Gasteiger partial charge is 0.0745 e. The third-order valence-corrected chi connectivity index (χ3v) is 2.85. The Morgan fingerprint density at radius 2 is 1.38 bits per heavy atom. The summed E-state index contributed by atoms with van der Waals surface area (Å²) < 4.78 is 10.8. The molecule has 1 aromatic carbocycles. The van der Waals surface area contributed by atoms with Crippen LogP contribution in [-0.2, 0) is 9.47 Å². The van der Waals surface area contributed by atoms with Crippen molar-refractivity contribution in [2.45, 2.75) is 26.1 Å². The highest BCUT2D eigenvalue weighted by molar-refractivity contribution is 5.45. The minimum atomic E-state index is -0.440. The molecule has 5 nitrogen and oxygen atoms in total. The van der Waals surface area contributed by atoms with Crippen LogP contribution in [0.15, 0.2) is 30.3 Å². The third kappa shape index (κ3) is 8.67. The maximum Gasteiger partial charge on any atom is 0.0745 e. The monoisotopic (exact) mass is 297 g/mol. The molecule has 5 heteroatoms. The van der Waals surface area contributed by atoms with Crippen molar-refractivity contribution in [3.8, 4) is 0 Å². The lowest BCUT2D eigenvalue weighted by Crippen LogP contribution is -2.32. The van der Waals surface area contributed by atoms with Gasteiger partial charge in [-0.2, -0.15) is 0 Å². The Balaban J connectivity index is 2.39. The van der Waals surface area contributed by atoms with E-state index in [2.05, 4.69) is 4.90 Å². The molecule has 1 aromatic rings. The molecule has 0 fully saturated rings. The van der Waals surface area contributed by atoms with Crippen molar-refractivity contribution in [3.63, 3.8) is 0 Å². The van der Waals surface area contributed by atoms with Gasteiger partial charge in [-0.1, -0.05) is 18.2 Å². The quantitative estimate of drug-likeness (QED) is 0.603. The fourth-order valence-corrected chi connectivity index (χ4v) is 1.87. The van der Waals surface area contributed by atoms with Gasteiger partial charge >= 0.3 is 0 Å². The van der Waals surface area contributed by atoms with Crippen LogP contribution >= 0.6 is 0 Å². The Morgan fingerprint density at radius 3 is 1.81 bits per heavy atom. The molecule has 0 saturated heterocycles. The highest BCUT2D eigenvalue weighted by atomic mass is 16.5. The summed E-state index contributed by atoms with van der Waals surface area (Å²) in [6.07, 6.45) is -0.880. The zero-order valence-corrected chi connectivity index (χ0v) is 12.9. The molecular weight excluding hydrogens is 270 g/mol. The summed E-state index contributed by atoms with van der Waals surface area (Å²) in [5, 5.41) is 18.4. The number of rotatable bonds is 11. The van der Waals surface area contributed by atoms with Gasteiger partial charge < -0.3 is 24.6 Å². The maximum atomic E-state index is 9.18. The molecule has 1 rings (SSSR count). The van der Waals surface area contributed by atoms with Crippen molar-refractivity contribution >= 4 is 5.69 Å². The number of benzene rings is 1. The molecule has 0 spiro atoms. The third-order valence-electron chi connectivity index (χ3n) is 2.85. The van der Waals surface area contributed by atoms with E-state index in [1.807, 2.05) is 30.3 Å². The topological polar surface area (TPSA) is 62.2 Å². The SMILES string of the molecule is CC(O)COCCN(CCOCC(C)O)c1ccccc1. The van der Waals surface area contributed by atoms with E-state index in [4.69, 9.17) is 9.47 Å². The number of hydrogen-bond acceptors (Lipinski definition) is 5. The number of aliphatic hydroxyl groups is 2. The number of anilines is 1. The van der Waals surface area contributed by atoms with Gasteiger partial charge in [-0.15, -0.1) is 0 Å². The summed E-state index contributed by atoms with van der Waals surface area (Å²) >= 11 is 0. The first-order chi connectivity index (χ1) is 10.1. The molecule has 0 saturated carbocycles. The van der Waals surface area contributed by atoms with Crippen molar-refractivity contribution in [1.29, 1.82) is 0 Å². The van der Waals surface area contributed by atoms with Crippen LogP contribution < -0.4 is 4.90 Å². The van der Waals surface area contributed by atoms with Gasteiger partial charge in [0.25, 0.3) is 0 Å². The van der Waals surface area contributed by atoms with Crippen molar-refractivity contribution in [2.24, 2.45) is 0 Å². The van der Waals surface area contributed by atoms with E-state index >= 15 is 0 Å². The molecule has 0 heterocycles. The summed E-state index contributed by atoms with van der Waals surface area (Å²) in [6.45, 7) is 6.68. The molecule has 2 N–H and O–H groups in total. The predicted octanol–water partition coefficient (Wildman–Crippen LogP) is 1.29. The van der Waals surface area contributed by atoms with Crippen LogP contribution in [-0.4, -0.2) is 61.9 Å². The van der Waals surface area contributed by atoms with Crippen LogP contribution in [0.4, 0.5) is 5.69 Å². The van der Waals surface area contributed by atoms with Gasteiger partial charge in [0.2, 0.25) is 0 Å². The van der Waals surface area contributed by atoms with E-state index in [1.54, 1.807) is 13.8 Å². The van der Waals surface area contributed by atoms with Crippen LogP contribution in [0.5, 0.6) is 0 Å². The summed E-state index contributed by atoms with van der Waals surface area (Å²) in [5.41, 5.74) is 1.11. The summed E-state index contributed by atoms with van der Waals surface area (Å²) in [6, 6.07) is 10.1. The second-order valence-electron chi connectivity index (χ2n) is 5.17. The van der Waals surface area contributed by atoms with Gasteiger partial charge in [0.05, 0.1) is 38.6 Å². The van der Waals surface area contributed by atoms with Gasteiger partial charge in [-0.25, -0.2) is 0 Å². The number of nitrogens with zero attached hydrogens (tertiary/aromatic N) is 1. The lowest BCUT2D eigenvalue weighted by Gasteiger charge is -2.25. The molecule has 0 aliphatic carbocycles. The normalized spacial score (nSPS) is 13.9. The number of para-hydroxylation sites is 1. The van der Waals surface area contributed by atoms with E-state index in [9.17, 15) is 10.2 Å². The number of ether oxygens (including phenoxy) is 2. The molecule has 0 aliphatic rings. The molecule has 0 radical (unpaired) electrons. The first kappa shape index (κ1) is 17.9. The highest BCUT2D eigenvalue weighted by Gasteiger charge is 2.07. The zero-order chi connectivity index (χ0) is 15.5. The van der Waals surface area contributed by atoms with E-state index in [1.165, 1.54) is 0 Å². The van der Waals surface area contributed by atoms with Crippen LogP contribution in [0, 0.1) is 0 Å². The second-order valence-corrected chi connectivity index (χ2v) is 5.17. The lowest BCUT2D eigenvalue weighted by molar-refractivity contribution is 0.0437. The number of hydrogen-bond donors (Lipinski definition) is 2. The molecule has 120 valence electrons. The first-order valence-electron chi connectivity index (χ1n) is 7.41. The number of aliphatic hydroxyl groups excluding tert-OH is 2. The van der Waals surface area contributed by atoms with Crippen LogP contribution in [0.25, 0.3) is 0 Å². The average Bonchev–Trinajstić information content (AvgIpc) is 2.46. The molecule has 2 unspecified atom stereocenters. The van der Waals surface area contributed by atoms with Gasteiger partial charge in [0.15, 0.2) is 0 Å². The fraction of sp³-hybridized carbons (Fsp3) is 0.625. The van der Waals surface area contributed by atoms with Crippen molar-refractivity contribution in [2.75, 3.05) is 44.4 Å². The van der Waals surface area contributed by atoms with Crippen LogP contribution in [0.2, 0.25) is 0 Å². The van der Waals surface area contributed by atoms with E-state index in [-0.39, 0.29) is 0 Å². The molecule has 21 heavy (non-hydrogen) atoms. The predicted molar refractivity (Wildman–Crippen MR) is 83.7 cm³/mol. The minimum absolute atomic E-state index is 0.348. The summed E-state index contributed by atoms with van der Waals surface area (Å²) in [7, 11) is 0. The molecule has 0 amide bonds. The van der Waals surface area contributed by atoms with Crippen molar-refractivity contribution in [3.05, 3.63) is 30.3 Å². The molecule has 0 aromatic heterocycles. The van der Waals surface area contributed by atoms with Gasteiger partial charge in [0.1, 0.15) is 0 Å². The highest BCUT2D eigenvalue weighted by Crippen LogP contribution is 2.12. The zero-order valence-electron chi connectivity index (χ0n) is 12.9. The Morgan fingerprint density at radius 1 is 0.905 bits per heavy atom. The molecule has 2 atom stereocenters. The molecular formula is C16H27NO4. The van der Waals surface area contributed by atoms with Crippen LogP contribution in [0.3, 0.4) is 0 Å². The van der Waals surface area contributed by atoms with Crippen molar-refractivity contribution in [1.82, 2.24) is 0 Å². The van der Waals surface area contributed by atoms with Gasteiger partial charge in [-0.05, 0) is 26.0 Å². The standard InChI is InChI=1S/C16H27NO4/c1-14(18)12-20-10-8-17(9-11-21-13-15(2)19)16-6-4-3-5-7-16/h3-7,14-15,18-19H,8-13H2,1-2H3. The summed E-state index contributed by atoms with van der Waals surface area (Å²) in [5.74, 6) is 0. The van der Waals surface area contributed by atoms with E-state index in [0.717, 1.165) is 18.8 Å². The Labute approximate surface area is 127 Å². The lowest BCUT2D eigenvalue weighted by atomic mass is 10.3. The summed E-state index contributed by atoms with van der Waals surface area (Å²) in [4.78, 5) is 2.17. The Hall–Kier alpha value is -1.14.